The summed E-state index contributed by atoms with van der Waals surface area (Å²) < 4.78 is 5.35. The van der Waals surface area contributed by atoms with Crippen LogP contribution < -0.4 is 11.5 Å². The summed E-state index contributed by atoms with van der Waals surface area (Å²) in [4.78, 5) is 11.7. The first kappa shape index (κ1) is 13.8. The summed E-state index contributed by atoms with van der Waals surface area (Å²) in [6.07, 6.45) is 0. The zero-order chi connectivity index (χ0) is 14.8. The van der Waals surface area contributed by atoms with Gasteiger partial charge in [0, 0.05) is 12.5 Å². The summed E-state index contributed by atoms with van der Waals surface area (Å²) in [7, 11) is 0. The number of benzene rings is 2. The van der Waals surface area contributed by atoms with Crippen LogP contribution in [0.1, 0.15) is 17.0 Å². The molecule has 0 unspecified atom stereocenters. The third kappa shape index (κ3) is 2.44. The molecule has 1 aliphatic rings. The predicted molar refractivity (Wildman–Crippen MR) is 81.7 cm³/mol. The van der Waals surface area contributed by atoms with Gasteiger partial charge in [-0.2, -0.15) is 0 Å². The van der Waals surface area contributed by atoms with Crippen LogP contribution in [0.15, 0.2) is 48.5 Å². The van der Waals surface area contributed by atoms with E-state index in [9.17, 15) is 4.79 Å². The van der Waals surface area contributed by atoms with Crippen LogP contribution in [0.5, 0.6) is 0 Å². The number of hydrogen-bond donors (Lipinski definition) is 2. The number of nitrogens with two attached hydrogens (primary N) is 2. The molecule has 4 nitrogen and oxygen atoms in total. The molecular weight excluding hydrogens is 264 g/mol. The van der Waals surface area contributed by atoms with Crippen LogP contribution in [0.2, 0.25) is 0 Å². The Labute approximate surface area is 123 Å². The zero-order valence-electron chi connectivity index (χ0n) is 11.7. The van der Waals surface area contributed by atoms with Gasteiger partial charge in [0.1, 0.15) is 12.6 Å². The van der Waals surface area contributed by atoms with Gasteiger partial charge in [-0.3, -0.25) is 4.79 Å². The third-order valence-corrected chi connectivity index (χ3v) is 3.91. The van der Waals surface area contributed by atoms with Gasteiger partial charge in [0.2, 0.25) is 0 Å². The standard InChI is InChI=1S/C17H18N2O2/c18-9-16(19)17(20)21-10-15-13-7-3-1-5-11(13)12-6-2-4-8-14(12)15/h1-8,15-16H,9-10,18-19H2/t16-/m1/s1. The monoisotopic (exact) mass is 282 g/mol. The van der Waals surface area contributed by atoms with E-state index in [2.05, 4.69) is 24.3 Å². The fourth-order valence-corrected chi connectivity index (χ4v) is 2.81. The van der Waals surface area contributed by atoms with Gasteiger partial charge in [-0.25, -0.2) is 0 Å². The van der Waals surface area contributed by atoms with Crippen LogP contribution in [-0.4, -0.2) is 25.2 Å². The second kappa shape index (κ2) is 5.68. The molecule has 0 aromatic heterocycles. The van der Waals surface area contributed by atoms with Crippen LogP contribution in [-0.2, 0) is 9.53 Å². The SMILES string of the molecule is NC[C@@H](N)C(=O)OCC1c2ccccc2-c2ccccc21. The minimum atomic E-state index is -0.753. The van der Waals surface area contributed by atoms with E-state index in [1.54, 1.807) is 0 Å². The molecule has 3 rings (SSSR count). The molecule has 2 aromatic rings. The minimum absolute atomic E-state index is 0.0614. The highest BCUT2D eigenvalue weighted by molar-refractivity contribution is 5.79. The molecule has 0 spiro atoms. The highest BCUT2D eigenvalue weighted by Gasteiger charge is 2.29. The number of carbonyl (C=O) groups excluding carboxylic acids is 1. The van der Waals surface area contributed by atoms with Gasteiger partial charge >= 0.3 is 5.97 Å². The Morgan fingerprint density at radius 3 is 2.10 bits per heavy atom. The lowest BCUT2D eigenvalue weighted by Crippen LogP contribution is -2.39. The zero-order valence-corrected chi connectivity index (χ0v) is 11.7. The van der Waals surface area contributed by atoms with E-state index in [0.29, 0.717) is 6.61 Å². The molecular formula is C17H18N2O2. The summed E-state index contributed by atoms with van der Waals surface area (Å²) in [6.45, 7) is 0.386. The Bertz CT molecular complexity index is 624. The summed E-state index contributed by atoms with van der Waals surface area (Å²) >= 11 is 0. The van der Waals surface area contributed by atoms with Crippen molar-refractivity contribution in [2.24, 2.45) is 11.5 Å². The molecule has 0 saturated heterocycles. The molecule has 0 radical (unpaired) electrons. The highest BCUT2D eigenvalue weighted by Crippen LogP contribution is 2.44. The van der Waals surface area contributed by atoms with Crippen LogP contribution in [0, 0.1) is 0 Å². The number of fused-ring (bicyclic) bond motifs is 3. The first-order valence-corrected chi connectivity index (χ1v) is 7.03. The largest absolute Gasteiger partial charge is 0.463 e. The number of rotatable bonds is 4. The van der Waals surface area contributed by atoms with E-state index in [0.717, 1.165) is 0 Å². The molecule has 108 valence electrons. The lowest BCUT2D eigenvalue weighted by Gasteiger charge is -2.15. The fourth-order valence-electron chi connectivity index (χ4n) is 2.81. The molecule has 1 aliphatic carbocycles. The molecule has 0 heterocycles. The van der Waals surface area contributed by atoms with Crippen LogP contribution in [0.3, 0.4) is 0 Å². The van der Waals surface area contributed by atoms with Gasteiger partial charge in [0.25, 0.3) is 0 Å². The van der Waals surface area contributed by atoms with E-state index < -0.39 is 12.0 Å². The van der Waals surface area contributed by atoms with E-state index >= 15 is 0 Å². The fraction of sp³-hybridized carbons (Fsp3) is 0.235. The average molecular weight is 282 g/mol. The van der Waals surface area contributed by atoms with Crippen molar-refractivity contribution < 1.29 is 9.53 Å². The summed E-state index contributed by atoms with van der Waals surface area (Å²) in [5, 5.41) is 0. The number of ether oxygens (including phenoxy) is 1. The van der Waals surface area contributed by atoms with E-state index in [4.69, 9.17) is 16.2 Å². The molecule has 2 aromatic carbocycles. The molecule has 0 aliphatic heterocycles. The van der Waals surface area contributed by atoms with Crippen molar-refractivity contribution in [3.8, 4) is 11.1 Å². The average Bonchev–Trinajstić information content (AvgIpc) is 2.86. The van der Waals surface area contributed by atoms with E-state index in [1.807, 2.05) is 24.3 Å². The Kier molecular flexibility index (Phi) is 3.73. The Morgan fingerprint density at radius 2 is 1.57 bits per heavy atom. The van der Waals surface area contributed by atoms with Crippen LogP contribution in [0.25, 0.3) is 11.1 Å². The second-order valence-electron chi connectivity index (χ2n) is 5.20. The number of hydrogen-bond acceptors (Lipinski definition) is 4. The Balaban J connectivity index is 1.87. The first-order chi connectivity index (χ1) is 10.2. The van der Waals surface area contributed by atoms with Crippen LogP contribution in [0.4, 0.5) is 0 Å². The topological polar surface area (TPSA) is 78.3 Å². The Morgan fingerprint density at radius 1 is 1.05 bits per heavy atom. The van der Waals surface area contributed by atoms with E-state index in [-0.39, 0.29) is 12.5 Å². The summed E-state index contributed by atoms with van der Waals surface area (Å²) in [5.41, 5.74) is 15.8. The molecule has 0 amide bonds. The van der Waals surface area contributed by atoms with Gasteiger partial charge in [0.15, 0.2) is 0 Å². The minimum Gasteiger partial charge on any atom is -0.463 e. The predicted octanol–water partition coefficient (Wildman–Crippen LogP) is 1.63. The molecule has 0 fully saturated rings. The van der Waals surface area contributed by atoms with Crippen molar-refractivity contribution in [1.29, 1.82) is 0 Å². The van der Waals surface area contributed by atoms with Gasteiger partial charge < -0.3 is 16.2 Å². The maximum absolute atomic E-state index is 11.7. The molecule has 0 bridgehead atoms. The smallest absolute Gasteiger partial charge is 0.324 e. The lowest BCUT2D eigenvalue weighted by atomic mass is 9.98. The van der Waals surface area contributed by atoms with Gasteiger partial charge in [-0.05, 0) is 22.3 Å². The maximum Gasteiger partial charge on any atom is 0.324 e. The highest BCUT2D eigenvalue weighted by atomic mass is 16.5. The summed E-state index contributed by atoms with van der Waals surface area (Å²) in [5.74, 6) is -0.384. The quantitative estimate of drug-likeness (QED) is 0.835. The molecule has 0 saturated carbocycles. The van der Waals surface area contributed by atoms with Crippen LogP contribution >= 0.6 is 0 Å². The molecule has 1 atom stereocenters. The maximum atomic E-state index is 11.7. The van der Waals surface area contributed by atoms with Crippen molar-refractivity contribution in [3.63, 3.8) is 0 Å². The number of carbonyl (C=O) groups is 1. The molecule has 4 N–H and O–H groups in total. The second-order valence-corrected chi connectivity index (χ2v) is 5.20. The van der Waals surface area contributed by atoms with Gasteiger partial charge in [0.05, 0.1) is 0 Å². The summed E-state index contributed by atoms with van der Waals surface area (Å²) in [6, 6.07) is 15.7. The van der Waals surface area contributed by atoms with Crippen molar-refractivity contribution in [2.45, 2.75) is 12.0 Å². The normalized spacial score (nSPS) is 14.4. The van der Waals surface area contributed by atoms with E-state index in [1.165, 1.54) is 22.3 Å². The Hall–Kier alpha value is -2.17. The van der Waals surface area contributed by atoms with Crippen molar-refractivity contribution in [3.05, 3.63) is 59.7 Å². The molecule has 4 heteroatoms. The van der Waals surface area contributed by atoms with Crippen molar-refractivity contribution in [1.82, 2.24) is 0 Å². The number of esters is 1. The third-order valence-electron chi connectivity index (χ3n) is 3.91. The van der Waals surface area contributed by atoms with Gasteiger partial charge in [-0.1, -0.05) is 48.5 Å². The van der Waals surface area contributed by atoms with Crippen molar-refractivity contribution in [2.75, 3.05) is 13.2 Å². The lowest BCUT2D eigenvalue weighted by molar-refractivity contribution is -0.145. The first-order valence-electron chi connectivity index (χ1n) is 7.03. The van der Waals surface area contributed by atoms with Crippen molar-refractivity contribution >= 4 is 5.97 Å². The molecule has 21 heavy (non-hydrogen) atoms. The van der Waals surface area contributed by atoms with Gasteiger partial charge in [-0.15, -0.1) is 0 Å².